The third-order valence-electron chi connectivity index (χ3n) is 2.71. The fourth-order valence-corrected chi connectivity index (χ4v) is 2.33. The predicted octanol–water partition coefficient (Wildman–Crippen LogP) is 1.15. The number of anilines is 2. The van der Waals surface area contributed by atoms with Crippen LogP contribution in [0.25, 0.3) is 0 Å². The van der Waals surface area contributed by atoms with Crippen molar-refractivity contribution in [3.8, 4) is 0 Å². The average Bonchev–Trinajstić information content (AvgIpc) is 2.80. The highest BCUT2D eigenvalue weighted by molar-refractivity contribution is 7.89. The van der Waals surface area contributed by atoms with Gasteiger partial charge < -0.3 is 15.1 Å². The van der Waals surface area contributed by atoms with Crippen molar-refractivity contribution >= 4 is 21.4 Å². The highest BCUT2D eigenvalue weighted by Gasteiger charge is 2.12. The minimum Gasteiger partial charge on any atom is -0.467 e. The number of hydrogen-bond acceptors (Lipinski definition) is 5. The topological polar surface area (TPSA) is 103 Å². The Kier molecular flexibility index (Phi) is 3.50. The van der Waals surface area contributed by atoms with Crippen LogP contribution in [0.5, 0.6) is 0 Å². The number of rotatable bonds is 4. The van der Waals surface area contributed by atoms with E-state index in [2.05, 4.69) is 0 Å². The van der Waals surface area contributed by atoms with Gasteiger partial charge in [0.15, 0.2) is 0 Å². The van der Waals surface area contributed by atoms with E-state index in [1.807, 2.05) is 18.0 Å². The zero-order valence-corrected chi connectivity index (χ0v) is 11.2. The van der Waals surface area contributed by atoms with E-state index in [1.54, 1.807) is 18.4 Å². The lowest BCUT2D eigenvalue weighted by molar-refractivity contribution is 0.507. The van der Waals surface area contributed by atoms with Gasteiger partial charge in [-0.3, -0.25) is 0 Å². The Morgan fingerprint density at radius 1 is 1.32 bits per heavy atom. The van der Waals surface area contributed by atoms with Crippen molar-refractivity contribution in [1.82, 2.24) is 0 Å². The Balaban J connectivity index is 2.26. The molecule has 0 bridgehead atoms. The molecule has 0 saturated carbocycles. The summed E-state index contributed by atoms with van der Waals surface area (Å²) in [6, 6.07) is 8.06. The Morgan fingerprint density at radius 3 is 2.58 bits per heavy atom. The van der Waals surface area contributed by atoms with Gasteiger partial charge in [-0.1, -0.05) is 0 Å². The summed E-state index contributed by atoms with van der Waals surface area (Å²) in [7, 11) is -1.90. The number of hydrogen-bond donors (Lipinski definition) is 2. The predicted molar refractivity (Wildman–Crippen MR) is 73.0 cm³/mol. The largest absolute Gasteiger partial charge is 0.467 e. The van der Waals surface area contributed by atoms with Crippen molar-refractivity contribution in [3.05, 3.63) is 42.4 Å². The van der Waals surface area contributed by atoms with E-state index < -0.39 is 10.0 Å². The first-order chi connectivity index (χ1) is 8.88. The molecule has 0 aliphatic rings. The van der Waals surface area contributed by atoms with Gasteiger partial charge in [0.1, 0.15) is 5.76 Å². The normalized spacial score (nSPS) is 11.5. The van der Waals surface area contributed by atoms with Crippen molar-refractivity contribution in [2.24, 2.45) is 5.14 Å². The Hall–Kier alpha value is -1.99. The smallest absolute Gasteiger partial charge is 0.238 e. The maximum Gasteiger partial charge on any atom is 0.238 e. The number of benzene rings is 1. The number of furan rings is 1. The molecule has 0 fully saturated rings. The molecule has 1 heterocycles. The van der Waals surface area contributed by atoms with Crippen LogP contribution in [0.1, 0.15) is 5.76 Å². The molecule has 4 N–H and O–H groups in total. The van der Waals surface area contributed by atoms with Gasteiger partial charge in [-0.05, 0) is 30.3 Å². The highest BCUT2D eigenvalue weighted by Crippen LogP contribution is 2.26. The van der Waals surface area contributed by atoms with E-state index in [4.69, 9.17) is 15.3 Å². The van der Waals surface area contributed by atoms with Crippen LogP contribution < -0.4 is 15.8 Å². The molecule has 0 atom stereocenters. The first kappa shape index (κ1) is 13.4. The van der Waals surface area contributed by atoms with Crippen molar-refractivity contribution in [2.45, 2.75) is 11.4 Å². The third kappa shape index (κ3) is 3.07. The van der Waals surface area contributed by atoms with Gasteiger partial charge >= 0.3 is 0 Å². The van der Waals surface area contributed by atoms with Crippen LogP contribution in [0.2, 0.25) is 0 Å². The molecule has 7 heteroatoms. The second-order valence-corrected chi connectivity index (χ2v) is 5.76. The highest BCUT2D eigenvalue weighted by atomic mass is 32.2. The maximum absolute atomic E-state index is 11.2. The number of primary sulfonamides is 1. The summed E-state index contributed by atoms with van der Waals surface area (Å²) in [5, 5.41) is 5.05. The number of nitrogen functional groups attached to an aromatic ring is 1. The molecule has 0 radical (unpaired) electrons. The molecule has 0 spiro atoms. The summed E-state index contributed by atoms with van der Waals surface area (Å²) in [5.74, 6) is 0.789. The van der Waals surface area contributed by atoms with E-state index >= 15 is 0 Å². The van der Waals surface area contributed by atoms with Crippen LogP contribution in [0.4, 0.5) is 11.4 Å². The zero-order chi connectivity index (χ0) is 14.0. The van der Waals surface area contributed by atoms with Gasteiger partial charge in [0.05, 0.1) is 29.1 Å². The van der Waals surface area contributed by atoms with Crippen molar-refractivity contribution in [2.75, 3.05) is 17.7 Å². The van der Waals surface area contributed by atoms with E-state index in [-0.39, 0.29) is 4.90 Å². The molecular formula is C12H15N3O3S. The van der Waals surface area contributed by atoms with Crippen LogP contribution in [0.3, 0.4) is 0 Å². The van der Waals surface area contributed by atoms with Gasteiger partial charge in [0.2, 0.25) is 10.0 Å². The molecule has 0 aliphatic carbocycles. The minimum absolute atomic E-state index is 0.000138. The second kappa shape index (κ2) is 4.94. The van der Waals surface area contributed by atoms with Crippen molar-refractivity contribution < 1.29 is 12.8 Å². The van der Waals surface area contributed by atoms with Crippen LogP contribution in [0, 0.1) is 0 Å². The van der Waals surface area contributed by atoms with Crippen LogP contribution in [0.15, 0.2) is 45.9 Å². The molecule has 6 nitrogen and oxygen atoms in total. The maximum atomic E-state index is 11.2. The van der Waals surface area contributed by atoms with Gasteiger partial charge in [0, 0.05) is 7.05 Å². The summed E-state index contributed by atoms with van der Waals surface area (Å²) >= 11 is 0. The molecule has 2 aromatic rings. The monoisotopic (exact) mass is 281 g/mol. The lowest BCUT2D eigenvalue weighted by atomic mass is 10.2. The van der Waals surface area contributed by atoms with Gasteiger partial charge in [0.25, 0.3) is 0 Å². The van der Waals surface area contributed by atoms with E-state index in [0.29, 0.717) is 17.9 Å². The Bertz CT molecular complexity index is 666. The van der Waals surface area contributed by atoms with Gasteiger partial charge in [-0.15, -0.1) is 0 Å². The van der Waals surface area contributed by atoms with Crippen LogP contribution in [-0.2, 0) is 16.6 Å². The van der Waals surface area contributed by atoms with Gasteiger partial charge in [-0.25, -0.2) is 13.6 Å². The summed E-state index contributed by atoms with van der Waals surface area (Å²) in [6.07, 6.45) is 1.59. The first-order valence-corrected chi connectivity index (χ1v) is 7.08. The summed E-state index contributed by atoms with van der Waals surface area (Å²) in [6.45, 7) is 0.534. The van der Waals surface area contributed by atoms with E-state index in [9.17, 15) is 8.42 Å². The molecule has 102 valence electrons. The standard InChI is InChI=1S/C12H15N3O3S/c1-15(8-9-3-2-6-18-9)12-5-4-10(7-11(12)13)19(14,16)17/h2-7H,8,13H2,1H3,(H2,14,16,17). The fraction of sp³-hybridized carbons (Fsp3) is 0.167. The zero-order valence-electron chi connectivity index (χ0n) is 10.4. The molecule has 1 aromatic heterocycles. The lowest BCUT2D eigenvalue weighted by Gasteiger charge is -2.20. The molecule has 2 rings (SSSR count). The molecular weight excluding hydrogens is 266 g/mol. The summed E-state index contributed by atoms with van der Waals surface area (Å²) in [5.41, 5.74) is 6.92. The molecule has 0 unspecified atom stereocenters. The van der Waals surface area contributed by atoms with Crippen molar-refractivity contribution in [3.63, 3.8) is 0 Å². The Morgan fingerprint density at radius 2 is 2.05 bits per heavy atom. The average molecular weight is 281 g/mol. The summed E-state index contributed by atoms with van der Waals surface area (Å²) in [4.78, 5) is 1.86. The minimum atomic E-state index is -3.73. The molecule has 0 amide bonds. The number of sulfonamides is 1. The third-order valence-corrected chi connectivity index (χ3v) is 3.62. The van der Waals surface area contributed by atoms with Crippen LogP contribution in [-0.4, -0.2) is 15.5 Å². The molecule has 0 aliphatic heterocycles. The van der Waals surface area contributed by atoms with Gasteiger partial charge in [-0.2, -0.15) is 0 Å². The van der Waals surface area contributed by atoms with Crippen molar-refractivity contribution in [1.29, 1.82) is 0 Å². The van der Waals surface area contributed by atoms with E-state index in [1.165, 1.54) is 12.1 Å². The first-order valence-electron chi connectivity index (χ1n) is 5.54. The van der Waals surface area contributed by atoms with Crippen LogP contribution >= 0.6 is 0 Å². The molecule has 19 heavy (non-hydrogen) atoms. The quantitative estimate of drug-likeness (QED) is 0.818. The molecule has 0 saturated heterocycles. The SMILES string of the molecule is CN(Cc1ccco1)c1ccc(S(N)(=O)=O)cc1N. The van der Waals surface area contributed by atoms with E-state index in [0.717, 1.165) is 5.76 Å². The Labute approximate surface area is 111 Å². The lowest BCUT2D eigenvalue weighted by Crippen LogP contribution is -2.18. The number of nitrogens with zero attached hydrogens (tertiary/aromatic N) is 1. The fourth-order valence-electron chi connectivity index (χ4n) is 1.78. The number of nitrogens with two attached hydrogens (primary N) is 2. The second-order valence-electron chi connectivity index (χ2n) is 4.20. The summed E-state index contributed by atoms with van der Waals surface area (Å²) < 4.78 is 27.7. The molecule has 1 aromatic carbocycles.